The maximum Gasteiger partial charge on any atom is 0.279 e. The highest BCUT2D eigenvalue weighted by atomic mass is 16.5. The van der Waals surface area contributed by atoms with E-state index in [-0.39, 0.29) is 5.91 Å². The van der Waals surface area contributed by atoms with Gasteiger partial charge < -0.3 is 19.7 Å². The highest BCUT2D eigenvalue weighted by Crippen LogP contribution is 2.32. The number of hydrogen-bond donors (Lipinski definition) is 2. The van der Waals surface area contributed by atoms with Crippen LogP contribution in [0.25, 0.3) is 0 Å². The predicted molar refractivity (Wildman–Crippen MR) is 77.7 cm³/mol. The molecule has 1 fully saturated rings. The first-order valence-corrected chi connectivity index (χ1v) is 6.97. The number of nitriles is 1. The van der Waals surface area contributed by atoms with Crippen molar-refractivity contribution in [3.63, 3.8) is 0 Å². The molecule has 1 aromatic rings. The number of nitrogens with one attached hydrogen (secondary N) is 2. The number of anilines is 1. The van der Waals surface area contributed by atoms with Crippen LogP contribution >= 0.6 is 0 Å². The van der Waals surface area contributed by atoms with E-state index in [4.69, 9.17) is 9.47 Å². The molecule has 0 unspecified atom stereocenters. The number of nitrogens with zero attached hydrogens (tertiary/aromatic N) is 1. The van der Waals surface area contributed by atoms with Gasteiger partial charge in [0.15, 0.2) is 18.0 Å². The third-order valence-electron chi connectivity index (χ3n) is 3.64. The molecule has 1 saturated heterocycles. The van der Waals surface area contributed by atoms with Gasteiger partial charge in [-0.1, -0.05) is 0 Å². The van der Waals surface area contributed by atoms with E-state index in [1.165, 1.54) is 32.0 Å². The summed E-state index contributed by atoms with van der Waals surface area (Å²) < 4.78 is 10.4. The van der Waals surface area contributed by atoms with E-state index < -0.39 is 0 Å². The summed E-state index contributed by atoms with van der Waals surface area (Å²) in [6, 6.07) is 5.25. The molecule has 1 aliphatic heterocycles. The minimum absolute atomic E-state index is 0.0874. The summed E-state index contributed by atoms with van der Waals surface area (Å²) in [5, 5.41) is 12.0. The topological polar surface area (TPSA) is 75.8 Å². The minimum Gasteiger partial charge on any atom is -0.493 e. The van der Waals surface area contributed by atoms with E-state index >= 15 is 0 Å². The van der Waals surface area contributed by atoms with Crippen molar-refractivity contribution in [1.82, 2.24) is 0 Å². The molecule has 0 saturated carbocycles. The molecule has 6 nitrogen and oxygen atoms in total. The van der Waals surface area contributed by atoms with Crippen LogP contribution in [0.3, 0.4) is 0 Å². The summed E-state index contributed by atoms with van der Waals surface area (Å²) in [7, 11) is 3.03. The fourth-order valence-corrected chi connectivity index (χ4v) is 2.55. The van der Waals surface area contributed by atoms with Gasteiger partial charge in [-0.25, -0.2) is 0 Å². The third kappa shape index (κ3) is 3.64. The van der Waals surface area contributed by atoms with E-state index in [0.29, 0.717) is 29.3 Å². The van der Waals surface area contributed by atoms with Gasteiger partial charge in [-0.2, -0.15) is 5.26 Å². The zero-order chi connectivity index (χ0) is 15.2. The van der Waals surface area contributed by atoms with Crippen LogP contribution in [0.15, 0.2) is 12.1 Å². The number of methoxy groups -OCH3 is 2. The molecule has 0 radical (unpaired) electrons. The summed E-state index contributed by atoms with van der Waals surface area (Å²) in [5.41, 5.74) is 0.816. The molecule has 21 heavy (non-hydrogen) atoms. The maximum absolute atomic E-state index is 12.1. The Morgan fingerprint density at radius 2 is 1.90 bits per heavy atom. The Balaban J connectivity index is 2.14. The van der Waals surface area contributed by atoms with E-state index in [2.05, 4.69) is 11.4 Å². The summed E-state index contributed by atoms with van der Waals surface area (Å²) >= 11 is 0. The van der Waals surface area contributed by atoms with Crippen molar-refractivity contribution in [2.75, 3.05) is 39.2 Å². The lowest BCUT2D eigenvalue weighted by atomic mass is 10.1. The molecule has 6 heteroatoms. The van der Waals surface area contributed by atoms with E-state index in [9.17, 15) is 10.1 Å². The smallest absolute Gasteiger partial charge is 0.279 e. The molecular formula is C15H20N3O3+. The van der Waals surface area contributed by atoms with Crippen molar-refractivity contribution >= 4 is 11.6 Å². The van der Waals surface area contributed by atoms with Crippen LogP contribution in [-0.2, 0) is 4.79 Å². The molecule has 0 bridgehead atoms. The van der Waals surface area contributed by atoms with Crippen LogP contribution < -0.4 is 19.7 Å². The van der Waals surface area contributed by atoms with E-state index in [0.717, 1.165) is 13.1 Å². The SMILES string of the molecule is COc1cc(C#N)c(NC(=O)C[NH+]2CCCC2)cc1OC. The number of rotatable bonds is 5. The van der Waals surface area contributed by atoms with Crippen LogP contribution in [0.4, 0.5) is 5.69 Å². The number of hydrogen-bond acceptors (Lipinski definition) is 4. The van der Waals surface area contributed by atoms with Crippen LogP contribution in [0, 0.1) is 11.3 Å². The Kier molecular flexibility index (Phi) is 5.01. The largest absolute Gasteiger partial charge is 0.493 e. The fraction of sp³-hybridized carbons (Fsp3) is 0.467. The summed E-state index contributed by atoms with van der Waals surface area (Å²) in [4.78, 5) is 13.4. The summed E-state index contributed by atoms with van der Waals surface area (Å²) in [5.74, 6) is 0.869. The highest BCUT2D eigenvalue weighted by Gasteiger charge is 2.20. The van der Waals surface area contributed by atoms with Gasteiger partial charge in [0.1, 0.15) is 6.07 Å². The van der Waals surface area contributed by atoms with Crippen molar-refractivity contribution in [2.45, 2.75) is 12.8 Å². The van der Waals surface area contributed by atoms with Crippen molar-refractivity contribution in [3.8, 4) is 17.6 Å². The molecule has 0 aromatic heterocycles. The van der Waals surface area contributed by atoms with Gasteiger partial charge in [0, 0.05) is 25.0 Å². The Bertz CT molecular complexity index is 560. The zero-order valence-corrected chi connectivity index (χ0v) is 12.4. The van der Waals surface area contributed by atoms with Gasteiger partial charge in [0.05, 0.1) is 38.6 Å². The Labute approximate surface area is 124 Å². The lowest BCUT2D eigenvalue weighted by Crippen LogP contribution is -3.11. The second kappa shape index (κ2) is 6.95. The minimum atomic E-state index is -0.0874. The van der Waals surface area contributed by atoms with E-state index in [1.807, 2.05) is 0 Å². The molecule has 0 aliphatic carbocycles. The average molecular weight is 290 g/mol. The first-order chi connectivity index (χ1) is 10.2. The molecule has 0 spiro atoms. The number of amides is 1. The van der Waals surface area contributed by atoms with Crippen molar-refractivity contribution < 1.29 is 19.2 Å². The van der Waals surface area contributed by atoms with Crippen molar-refractivity contribution in [1.29, 1.82) is 5.26 Å². The normalized spacial score (nSPS) is 14.5. The van der Waals surface area contributed by atoms with Crippen LogP contribution in [0.1, 0.15) is 18.4 Å². The number of ether oxygens (including phenoxy) is 2. The lowest BCUT2D eigenvalue weighted by Gasteiger charge is -2.14. The monoisotopic (exact) mass is 290 g/mol. The molecule has 2 N–H and O–H groups in total. The van der Waals surface area contributed by atoms with Gasteiger partial charge in [-0.05, 0) is 0 Å². The van der Waals surface area contributed by atoms with Gasteiger partial charge in [0.25, 0.3) is 5.91 Å². The molecular weight excluding hydrogens is 270 g/mol. The number of benzene rings is 1. The Morgan fingerprint density at radius 1 is 1.29 bits per heavy atom. The first-order valence-electron chi connectivity index (χ1n) is 6.97. The highest BCUT2D eigenvalue weighted by molar-refractivity contribution is 5.93. The quantitative estimate of drug-likeness (QED) is 0.812. The van der Waals surface area contributed by atoms with Crippen molar-refractivity contribution in [3.05, 3.63) is 17.7 Å². The summed E-state index contributed by atoms with van der Waals surface area (Å²) in [6.07, 6.45) is 2.34. The van der Waals surface area contributed by atoms with Gasteiger partial charge >= 0.3 is 0 Å². The summed E-state index contributed by atoms with van der Waals surface area (Å²) in [6.45, 7) is 2.49. The van der Waals surface area contributed by atoms with E-state index in [1.54, 1.807) is 12.1 Å². The number of quaternary nitrogens is 1. The fourth-order valence-electron chi connectivity index (χ4n) is 2.55. The molecule has 112 valence electrons. The standard InChI is InChI=1S/C15H19N3O3/c1-20-13-7-11(9-16)12(8-14(13)21-2)17-15(19)10-18-5-3-4-6-18/h7-8H,3-6,10H2,1-2H3,(H,17,19)/p+1. The molecule has 1 aromatic carbocycles. The number of carbonyl (C=O) groups is 1. The lowest BCUT2D eigenvalue weighted by molar-refractivity contribution is -0.878. The van der Waals surface area contributed by atoms with Crippen LogP contribution in [0.2, 0.25) is 0 Å². The van der Waals surface area contributed by atoms with Crippen LogP contribution in [-0.4, -0.2) is 39.8 Å². The van der Waals surface area contributed by atoms with Crippen LogP contribution in [0.5, 0.6) is 11.5 Å². The Morgan fingerprint density at radius 3 is 2.48 bits per heavy atom. The van der Waals surface area contributed by atoms with Crippen molar-refractivity contribution in [2.24, 2.45) is 0 Å². The molecule has 1 amide bonds. The number of carbonyl (C=O) groups excluding carboxylic acids is 1. The second-order valence-electron chi connectivity index (χ2n) is 5.05. The Hall–Kier alpha value is -2.26. The molecule has 1 heterocycles. The van der Waals surface area contributed by atoms with Gasteiger partial charge in [-0.15, -0.1) is 0 Å². The third-order valence-corrected chi connectivity index (χ3v) is 3.64. The molecule has 2 rings (SSSR count). The second-order valence-corrected chi connectivity index (χ2v) is 5.05. The first kappa shape index (κ1) is 15.1. The van der Waals surface area contributed by atoms with Gasteiger partial charge in [0.2, 0.25) is 0 Å². The zero-order valence-electron chi connectivity index (χ0n) is 12.4. The predicted octanol–water partition coefficient (Wildman–Crippen LogP) is 0.193. The molecule has 1 aliphatic rings. The average Bonchev–Trinajstić information content (AvgIpc) is 2.99. The maximum atomic E-state index is 12.1. The number of likely N-dealkylation sites (tertiary alicyclic amines) is 1. The molecule has 0 atom stereocenters. The van der Waals surface area contributed by atoms with Gasteiger partial charge in [-0.3, -0.25) is 4.79 Å².